The molecule has 0 radical (unpaired) electrons. The number of amides is 1. The van der Waals surface area contributed by atoms with Crippen LogP contribution in [0.25, 0.3) is 0 Å². The number of aliphatic hydroxyl groups is 1. The third-order valence-corrected chi connectivity index (χ3v) is 3.59. The summed E-state index contributed by atoms with van der Waals surface area (Å²) >= 11 is 0. The molecule has 1 saturated heterocycles. The summed E-state index contributed by atoms with van der Waals surface area (Å²) in [6.07, 6.45) is 3.83. The number of aromatic nitrogens is 1. The summed E-state index contributed by atoms with van der Waals surface area (Å²) < 4.78 is 0. The highest BCUT2D eigenvalue weighted by atomic mass is 16.4. The number of carboxylic acid groups (broad SMARTS) is 1. The van der Waals surface area contributed by atoms with Gasteiger partial charge < -0.3 is 15.1 Å². The Kier molecular flexibility index (Phi) is 3.28. The molecule has 1 aromatic heterocycles. The van der Waals surface area contributed by atoms with Gasteiger partial charge in [0.2, 0.25) is 0 Å². The second kappa shape index (κ2) is 4.71. The van der Waals surface area contributed by atoms with Crippen LogP contribution >= 0.6 is 0 Å². The molecule has 0 spiro atoms. The predicted molar refractivity (Wildman–Crippen MR) is 61.8 cm³/mol. The van der Waals surface area contributed by atoms with Crippen molar-refractivity contribution in [3.05, 3.63) is 30.1 Å². The predicted octanol–water partition coefficient (Wildman–Crippen LogP) is 1.09. The smallest absolute Gasteiger partial charge is 0.407 e. The molecule has 0 saturated carbocycles. The third-order valence-electron chi connectivity index (χ3n) is 3.59. The average molecular weight is 236 g/mol. The lowest BCUT2D eigenvalue weighted by molar-refractivity contribution is 0.0894. The molecule has 5 heteroatoms. The fraction of sp³-hybridized carbons (Fsp3) is 0.500. The summed E-state index contributed by atoms with van der Waals surface area (Å²) in [7, 11) is 0. The van der Waals surface area contributed by atoms with Crippen molar-refractivity contribution in [3.63, 3.8) is 0 Å². The first-order valence-electron chi connectivity index (χ1n) is 5.67. The first kappa shape index (κ1) is 11.9. The minimum atomic E-state index is -0.883. The van der Waals surface area contributed by atoms with E-state index in [0.29, 0.717) is 25.9 Å². The summed E-state index contributed by atoms with van der Waals surface area (Å²) in [4.78, 5) is 16.2. The summed E-state index contributed by atoms with van der Waals surface area (Å²) in [6, 6.07) is 3.79. The Balaban J connectivity index is 2.16. The highest BCUT2D eigenvalue weighted by Crippen LogP contribution is 2.34. The molecule has 0 aromatic carbocycles. The van der Waals surface area contributed by atoms with Gasteiger partial charge in [-0.3, -0.25) is 4.98 Å². The molecule has 1 fully saturated rings. The highest BCUT2D eigenvalue weighted by Gasteiger charge is 2.36. The molecule has 0 bridgehead atoms. The Morgan fingerprint density at radius 1 is 1.35 bits per heavy atom. The van der Waals surface area contributed by atoms with Crippen LogP contribution in [-0.2, 0) is 5.41 Å². The zero-order chi connectivity index (χ0) is 12.3. The van der Waals surface area contributed by atoms with Crippen molar-refractivity contribution in [1.29, 1.82) is 0 Å². The summed E-state index contributed by atoms with van der Waals surface area (Å²) in [5.41, 5.74) is 0.731. The molecule has 92 valence electrons. The van der Waals surface area contributed by atoms with E-state index in [2.05, 4.69) is 4.98 Å². The average Bonchev–Trinajstić information content (AvgIpc) is 2.40. The number of carbonyl (C=O) groups is 1. The van der Waals surface area contributed by atoms with Crippen molar-refractivity contribution in [2.75, 3.05) is 19.7 Å². The largest absolute Gasteiger partial charge is 0.465 e. The lowest BCUT2D eigenvalue weighted by Gasteiger charge is -2.40. The molecule has 5 nitrogen and oxygen atoms in total. The van der Waals surface area contributed by atoms with Crippen molar-refractivity contribution in [2.45, 2.75) is 18.3 Å². The van der Waals surface area contributed by atoms with Gasteiger partial charge in [0.15, 0.2) is 0 Å². The standard InChI is InChI=1S/C12H16N2O3/c15-9-12(10-1-5-13-6-2-10)3-7-14(8-4-12)11(16)17/h1-2,5-6,15H,3-4,7-9H2,(H,16,17). The van der Waals surface area contributed by atoms with E-state index in [-0.39, 0.29) is 12.0 Å². The minimum absolute atomic E-state index is 0.0461. The molecule has 17 heavy (non-hydrogen) atoms. The van der Waals surface area contributed by atoms with Gasteiger partial charge in [0.05, 0.1) is 6.61 Å². The minimum Gasteiger partial charge on any atom is -0.465 e. The Morgan fingerprint density at radius 3 is 2.41 bits per heavy atom. The number of rotatable bonds is 2. The summed E-state index contributed by atoms with van der Waals surface area (Å²) in [6.45, 7) is 0.987. The second-order valence-corrected chi connectivity index (χ2v) is 4.44. The normalized spacial score (nSPS) is 19.0. The van der Waals surface area contributed by atoms with Crippen LogP contribution in [0, 0.1) is 0 Å². The van der Waals surface area contributed by atoms with E-state index in [9.17, 15) is 9.90 Å². The molecule has 1 aliphatic heterocycles. The molecule has 2 rings (SSSR count). The monoisotopic (exact) mass is 236 g/mol. The molecular formula is C12H16N2O3. The van der Waals surface area contributed by atoms with Gasteiger partial charge in [0, 0.05) is 30.9 Å². The molecule has 2 N–H and O–H groups in total. The molecule has 2 heterocycles. The van der Waals surface area contributed by atoms with E-state index in [1.54, 1.807) is 12.4 Å². The molecule has 0 atom stereocenters. The van der Waals surface area contributed by atoms with Crippen LogP contribution in [0.15, 0.2) is 24.5 Å². The van der Waals surface area contributed by atoms with Gasteiger partial charge in [-0.2, -0.15) is 0 Å². The Morgan fingerprint density at radius 2 is 1.94 bits per heavy atom. The van der Waals surface area contributed by atoms with Crippen LogP contribution < -0.4 is 0 Å². The lowest BCUT2D eigenvalue weighted by atomic mass is 9.74. The van der Waals surface area contributed by atoms with Crippen molar-refractivity contribution < 1.29 is 15.0 Å². The van der Waals surface area contributed by atoms with Crippen LogP contribution in [0.1, 0.15) is 18.4 Å². The Hall–Kier alpha value is -1.62. The van der Waals surface area contributed by atoms with Crippen LogP contribution in [0.4, 0.5) is 4.79 Å². The number of hydrogen-bond acceptors (Lipinski definition) is 3. The van der Waals surface area contributed by atoms with Crippen molar-refractivity contribution >= 4 is 6.09 Å². The van der Waals surface area contributed by atoms with Gasteiger partial charge in [0.25, 0.3) is 0 Å². The summed E-state index contributed by atoms with van der Waals surface area (Å²) in [5, 5.41) is 18.5. The zero-order valence-corrected chi connectivity index (χ0v) is 9.54. The molecular weight excluding hydrogens is 220 g/mol. The quantitative estimate of drug-likeness (QED) is 0.806. The van der Waals surface area contributed by atoms with Crippen molar-refractivity contribution in [2.24, 2.45) is 0 Å². The van der Waals surface area contributed by atoms with Crippen molar-refractivity contribution in [3.8, 4) is 0 Å². The second-order valence-electron chi connectivity index (χ2n) is 4.44. The number of nitrogens with zero attached hydrogens (tertiary/aromatic N) is 2. The Labute approximate surface area is 99.7 Å². The van der Waals surface area contributed by atoms with E-state index in [0.717, 1.165) is 5.56 Å². The molecule has 1 amide bonds. The van der Waals surface area contributed by atoms with Crippen LogP contribution in [0.5, 0.6) is 0 Å². The molecule has 1 aliphatic rings. The van der Waals surface area contributed by atoms with Gasteiger partial charge in [-0.25, -0.2) is 4.79 Å². The van der Waals surface area contributed by atoms with Gasteiger partial charge in [-0.15, -0.1) is 0 Å². The number of piperidine rings is 1. The van der Waals surface area contributed by atoms with Crippen LogP contribution in [0.3, 0.4) is 0 Å². The zero-order valence-electron chi connectivity index (χ0n) is 9.54. The van der Waals surface area contributed by atoms with E-state index >= 15 is 0 Å². The van der Waals surface area contributed by atoms with Crippen LogP contribution in [-0.4, -0.2) is 45.9 Å². The number of pyridine rings is 1. The molecule has 0 unspecified atom stereocenters. The van der Waals surface area contributed by atoms with Gasteiger partial charge >= 0.3 is 6.09 Å². The van der Waals surface area contributed by atoms with Gasteiger partial charge in [0.1, 0.15) is 0 Å². The maximum atomic E-state index is 10.8. The topological polar surface area (TPSA) is 73.7 Å². The fourth-order valence-corrected chi connectivity index (χ4v) is 2.37. The lowest BCUT2D eigenvalue weighted by Crippen LogP contribution is -2.46. The number of likely N-dealkylation sites (tertiary alicyclic amines) is 1. The van der Waals surface area contributed by atoms with Crippen molar-refractivity contribution in [1.82, 2.24) is 9.88 Å². The van der Waals surface area contributed by atoms with E-state index in [1.165, 1.54) is 4.90 Å². The SMILES string of the molecule is O=C(O)N1CCC(CO)(c2ccncc2)CC1. The third kappa shape index (κ3) is 2.24. The molecule has 0 aliphatic carbocycles. The Bertz CT molecular complexity index is 386. The fourth-order valence-electron chi connectivity index (χ4n) is 2.37. The van der Waals surface area contributed by atoms with Crippen LogP contribution in [0.2, 0.25) is 0 Å². The van der Waals surface area contributed by atoms with E-state index in [4.69, 9.17) is 5.11 Å². The first-order valence-corrected chi connectivity index (χ1v) is 5.67. The maximum Gasteiger partial charge on any atom is 0.407 e. The van der Waals surface area contributed by atoms with E-state index in [1.807, 2.05) is 12.1 Å². The first-order chi connectivity index (χ1) is 8.18. The maximum absolute atomic E-state index is 10.8. The number of aliphatic hydroxyl groups excluding tert-OH is 1. The summed E-state index contributed by atoms with van der Waals surface area (Å²) in [5.74, 6) is 0. The van der Waals surface area contributed by atoms with E-state index < -0.39 is 6.09 Å². The number of hydrogen-bond donors (Lipinski definition) is 2. The molecule has 1 aromatic rings. The highest BCUT2D eigenvalue weighted by molar-refractivity contribution is 5.65. The van der Waals surface area contributed by atoms with Gasteiger partial charge in [-0.05, 0) is 30.5 Å². The van der Waals surface area contributed by atoms with Gasteiger partial charge in [-0.1, -0.05) is 0 Å².